The van der Waals surface area contributed by atoms with E-state index in [-0.39, 0.29) is 16.6 Å². The molecule has 2 rings (SSSR count). The van der Waals surface area contributed by atoms with Gasteiger partial charge in [0.2, 0.25) is 5.11 Å². The number of hydrazone groups is 2. The van der Waals surface area contributed by atoms with Crippen LogP contribution in [0, 0.1) is 0 Å². The van der Waals surface area contributed by atoms with E-state index in [1.165, 1.54) is 0 Å². The van der Waals surface area contributed by atoms with Crippen LogP contribution in [0.3, 0.4) is 0 Å². The molecule has 4 N–H and O–H groups in total. The average molecular weight is 342 g/mol. The molecule has 2 aromatic rings. The zero-order valence-electron chi connectivity index (χ0n) is 13.3. The van der Waals surface area contributed by atoms with Crippen LogP contribution in [-0.4, -0.2) is 26.7 Å². The molecule has 0 saturated carbocycles. The van der Waals surface area contributed by atoms with Gasteiger partial charge in [-0.2, -0.15) is 10.2 Å². The first-order valence-corrected chi connectivity index (χ1v) is 7.61. The molecule has 6 nitrogen and oxygen atoms in total. The lowest BCUT2D eigenvalue weighted by molar-refractivity contribution is 0.473. The van der Waals surface area contributed by atoms with E-state index in [0.29, 0.717) is 22.6 Å². The zero-order valence-corrected chi connectivity index (χ0v) is 14.1. The minimum Gasteiger partial charge on any atom is -0.507 e. The van der Waals surface area contributed by atoms with E-state index in [0.717, 1.165) is 0 Å². The van der Waals surface area contributed by atoms with Gasteiger partial charge in [0.15, 0.2) is 0 Å². The van der Waals surface area contributed by atoms with Gasteiger partial charge in [0.1, 0.15) is 11.5 Å². The van der Waals surface area contributed by atoms with E-state index in [1.54, 1.807) is 50.2 Å². The Morgan fingerprint density at radius 2 is 1.17 bits per heavy atom. The predicted molar refractivity (Wildman–Crippen MR) is 99.5 cm³/mol. The summed E-state index contributed by atoms with van der Waals surface area (Å²) >= 11 is 5.10. The molecule has 0 fully saturated rings. The van der Waals surface area contributed by atoms with Crippen molar-refractivity contribution in [2.45, 2.75) is 13.8 Å². The van der Waals surface area contributed by atoms with Crippen molar-refractivity contribution in [3.8, 4) is 11.5 Å². The van der Waals surface area contributed by atoms with Gasteiger partial charge in [0.05, 0.1) is 11.4 Å². The molecule has 7 heteroatoms. The van der Waals surface area contributed by atoms with Crippen molar-refractivity contribution in [2.75, 3.05) is 0 Å². The highest BCUT2D eigenvalue weighted by Crippen LogP contribution is 2.17. The first kappa shape index (κ1) is 17.4. The fraction of sp³-hybridized carbons (Fsp3) is 0.118. The molecule has 0 spiro atoms. The Morgan fingerprint density at radius 1 is 0.792 bits per heavy atom. The van der Waals surface area contributed by atoms with Gasteiger partial charge in [0, 0.05) is 11.1 Å². The monoisotopic (exact) mass is 342 g/mol. The molecule has 0 aliphatic heterocycles. The van der Waals surface area contributed by atoms with E-state index < -0.39 is 0 Å². The second-order valence-electron chi connectivity index (χ2n) is 4.98. The van der Waals surface area contributed by atoms with Gasteiger partial charge in [0.25, 0.3) is 0 Å². The molecule has 2 aromatic carbocycles. The summed E-state index contributed by atoms with van der Waals surface area (Å²) in [5.41, 5.74) is 7.70. The van der Waals surface area contributed by atoms with Gasteiger partial charge in [-0.1, -0.05) is 24.3 Å². The van der Waals surface area contributed by atoms with Crippen molar-refractivity contribution >= 4 is 28.8 Å². The third-order valence-corrected chi connectivity index (χ3v) is 3.42. The van der Waals surface area contributed by atoms with E-state index in [4.69, 9.17) is 12.2 Å². The van der Waals surface area contributed by atoms with Crippen LogP contribution in [0.1, 0.15) is 25.0 Å². The van der Waals surface area contributed by atoms with E-state index in [1.807, 2.05) is 12.1 Å². The van der Waals surface area contributed by atoms with E-state index in [2.05, 4.69) is 21.1 Å². The maximum absolute atomic E-state index is 9.77. The second-order valence-corrected chi connectivity index (χ2v) is 5.39. The molecule has 0 amide bonds. The fourth-order valence-corrected chi connectivity index (χ4v) is 2.07. The number of hydrogen-bond donors (Lipinski definition) is 4. The third-order valence-electron chi connectivity index (χ3n) is 3.24. The Morgan fingerprint density at radius 3 is 1.54 bits per heavy atom. The van der Waals surface area contributed by atoms with Gasteiger partial charge in [-0.15, -0.1) is 0 Å². The molecule has 0 bridgehead atoms. The number of aromatic hydroxyl groups is 2. The van der Waals surface area contributed by atoms with Crippen LogP contribution >= 0.6 is 12.2 Å². The van der Waals surface area contributed by atoms with Crippen LogP contribution in [0.2, 0.25) is 0 Å². The Balaban J connectivity index is 1.99. The zero-order chi connectivity index (χ0) is 17.5. The van der Waals surface area contributed by atoms with Crippen LogP contribution in [-0.2, 0) is 0 Å². The van der Waals surface area contributed by atoms with Crippen molar-refractivity contribution in [1.82, 2.24) is 10.9 Å². The Labute approximate surface area is 145 Å². The quantitative estimate of drug-likeness (QED) is 0.390. The number of hydrogen-bond acceptors (Lipinski definition) is 5. The highest BCUT2D eigenvalue weighted by molar-refractivity contribution is 7.80. The topological polar surface area (TPSA) is 89.2 Å². The number of nitrogens with one attached hydrogen (secondary N) is 2. The first-order chi connectivity index (χ1) is 11.5. The minimum absolute atomic E-state index is 0.146. The van der Waals surface area contributed by atoms with Crippen molar-refractivity contribution in [2.24, 2.45) is 10.2 Å². The summed E-state index contributed by atoms with van der Waals surface area (Å²) in [6.07, 6.45) is 0. The summed E-state index contributed by atoms with van der Waals surface area (Å²) in [6.45, 7) is 3.50. The normalized spacial score (nSPS) is 11.9. The van der Waals surface area contributed by atoms with E-state index >= 15 is 0 Å². The number of thiocarbonyl (C=S) groups is 1. The van der Waals surface area contributed by atoms with Crippen LogP contribution in [0.5, 0.6) is 11.5 Å². The fourth-order valence-electron chi connectivity index (χ4n) is 1.97. The summed E-state index contributed by atoms with van der Waals surface area (Å²) in [4.78, 5) is 0. The Kier molecular flexibility index (Phi) is 5.86. The highest BCUT2D eigenvalue weighted by atomic mass is 32.1. The Bertz CT molecular complexity index is 737. The molecular weight excluding hydrogens is 324 g/mol. The summed E-state index contributed by atoms with van der Waals surface area (Å²) < 4.78 is 0. The van der Waals surface area contributed by atoms with Crippen molar-refractivity contribution in [3.05, 3.63) is 59.7 Å². The van der Waals surface area contributed by atoms with Gasteiger partial charge >= 0.3 is 0 Å². The van der Waals surface area contributed by atoms with Gasteiger partial charge in [-0.05, 0) is 50.3 Å². The van der Waals surface area contributed by atoms with Crippen LogP contribution in [0.25, 0.3) is 0 Å². The highest BCUT2D eigenvalue weighted by Gasteiger charge is 2.05. The molecule has 0 unspecified atom stereocenters. The smallest absolute Gasteiger partial charge is 0.207 e. The molecule has 0 atom stereocenters. The molecule has 0 heterocycles. The van der Waals surface area contributed by atoms with Crippen LogP contribution in [0.15, 0.2) is 58.7 Å². The van der Waals surface area contributed by atoms with Gasteiger partial charge < -0.3 is 10.2 Å². The van der Waals surface area contributed by atoms with Crippen molar-refractivity contribution < 1.29 is 10.2 Å². The average Bonchev–Trinajstić information content (AvgIpc) is 2.58. The molecule has 124 valence electrons. The first-order valence-electron chi connectivity index (χ1n) is 7.20. The largest absolute Gasteiger partial charge is 0.507 e. The van der Waals surface area contributed by atoms with Gasteiger partial charge in [-0.25, -0.2) is 0 Å². The molecule has 0 aliphatic rings. The van der Waals surface area contributed by atoms with Crippen LogP contribution in [0.4, 0.5) is 0 Å². The SMILES string of the molecule is C/C(=N\NC(=S)N/N=C(\C)c1ccccc1O)c1ccccc1O. The lowest BCUT2D eigenvalue weighted by atomic mass is 10.1. The minimum atomic E-state index is 0.146. The Hall–Kier alpha value is -2.93. The molecule has 0 aromatic heterocycles. The van der Waals surface area contributed by atoms with Gasteiger partial charge in [-0.3, -0.25) is 10.9 Å². The molecular formula is C17H18N4O2S. The molecule has 24 heavy (non-hydrogen) atoms. The summed E-state index contributed by atoms with van der Waals surface area (Å²) in [7, 11) is 0. The number of phenolic OH excluding ortho intramolecular Hbond substituents is 2. The summed E-state index contributed by atoms with van der Waals surface area (Å²) in [6, 6.07) is 13.8. The third kappa shape index (κ3) is 4.53. The molecule has 0 saturated heterocycles. The van der Waals surface area contributed by atoms with Crippen molar-refractivity contribution in [1.29, 1.82) is 0 Å². The maximum atomic E-state index is 9.77. The summed E-state index contributed by atoms with van der Waals surface area (Å²) in [5.74, 6) is 0.292. The van der Waals surface area contributed by atoms with Crippen molar-refractivity contribution in [3.63, 3.8) is 0 Å². The lowest BCUT2D eigenvalue weighted by Gasteiger charge is -2.07. The maximum Gasteiger partial charge on any atom is 0.207 e. The second kappa shape index (κ2) is 8.07. The standard InChI is InChI=1S/C17H18N4O2S/c1-11(13-7-3-5-9-15(13)22)18-20-17(24)21-19-12(2)14-8-4-6-10-16(14)23/h3-10,22-23H,1-2H3,(H2,20,21,24)/b18-11+,19-12+. The molecule has 0 radical (unpaired) electrons. The number of phenols is 2. The summed E-state index contributed by atoms with van der Waals surface area (Å²) in [5, 5.41) is 28.0. The number of benzene rings is 2. The number of nitrogens with zero attached hydrogens (tertiary/aromatic N) is 2. The number of rotatable bonds is 4. The lowest BCUT2D eigenvalue weighted by Crippen LogP contribution is -2.29. The van der Waals surface area contributed by atoms with Crippen LogP contribution < -0.4 is 10.9 Å². The van der Waals surface area contributed by atoms with E-state index in [9.17, 15) is 10.2 Å². The molecule has 0 aliphatic carbocycles. The number of para-hydroxylation sites is 2. The predicted octanol–water partition coefficient (Wildman–Crippen LogP) is 2.71.